The van der Waals surface area contributed by atoms with E-state index in [4.69, 9.17) is 9.26 Å². The van der Waals surface area contributed by atoms with Crippen LogP contribution in [0.15, 0.2) is 47.0 Å². The standard InChI is InChI=1S/C22H22N2O3/c1-13-19(14(2)27-23-13)17-11-10-16-12-18(25)24(3)21(20(16)22(17)26-4)15-8-6-5-7-9-15/h5-11,21H,12H2,1-4H3. The number of ether oxygens (including phenoxy) is 1. The summed E-state index contributed by atoms with van der Waals surface area (Å²) in [6, 6.07) is 13.9. The summed E-state index contributed by atoms with van der Waals surface area (Å²) in [4.78, 5) is 14.4. The van der Waals surface area contributed by atoms with E-state index in [1.165, 1.54) is 0 Å². The fourth-order valence-electron chi connectivity index (χ4n) is 4.03. The van der Waals surface area contributed by atoms with Crippen LogP contribution in [0.2, 0.25) is 0 Å². The number of hydrogen-bond acceptors (Lipinski definition) is 4. The lowest BCUT2D eigenvalue weighted by Crippen LogP contribution is -2.38. The number of benzene rings is 2. The molecule has 138 valence electrons. The van der Waals surface area contributed by atoms with E-state index in [-0.39, 0.29) is 11.9 Å². The second-order valence-electron chi connectivity index (χ2n) is 6.91. The number of likely N-dealkylation sites (N-methyl/N-ethyl adjacent to an activating group) is 1. The van der Waals surface area contributed by atoms with E-state index in [0.29, 0.717) is 6.42 Å². The zero-order valence-corrected chi connectivity index (χ0v) is 15.9. The third-order valence-electron chi connectivity index (χ3n) is 5.30. The molecule has 0 saturated carbocycles. The highest BCUT2D eigenvalue weighted by molar-refractivity contribution is 5.85. The Hall–Kier alpha value is -3.08. The summed E-state index contributed by atoms with van der Waals surface area (Å²) in [6.45, 7) is 3.83. The number of rotatable bonds is 3. The quantitative estimate of drug-likeness (QED) is 0.705. The molecule has 0 bridgehead atoms. The molecule has 1 amide bonds. The molecular formula is C22H22N2O3. The van der Waals surface area contributed by atoms with Gasteiger partial charge in [-0.1, -0.05) is 47.6 Å². The Kier molecular flexibility index (Phi) is 4.22. The van der Waals surface area contributed by atoms with Gasteiger partial charge in [0.1, 0.15) is 11.5 Å². The lowest BCUT2D eigenvalue weighted by Gasteiger charge is -2.36. The molecule has 1 aromatic heterocycles. The van der Waals surface area contributed by atoms with Gasteiger partial charge in [0.15, 0.2) is 0 Å². The summed E-state index contributed by atoms with van der Waals surface area (Å²) < 4.78 is 11.3. The number of nitrogens with zero attached hydrogens (tertiary/aromatic N) is 2. The zero-order valence-electron chi connectivity index (χ0n) is 15.9. The molecule has 0 saturated heterocycles. The first kappa shape index (κ1) is 17.3. The lowest BCUT2D eigenvalue weighted by atomic mass is 9.84. The monoisotopic (exact) mass is 362 g/mol. The summed E-state index contributed by atoms with van der Waals surface area (Å²) in [5.74, 6) is 1.63. The van der Waals surface area contributed by atoms with Crippen LogP contribution in [-0.4, -0.2) is 30.1 Å². The van der Waals surface area contributed by atoms with Crippen molar-refractivity contribution < 1.29 is 14.1 Å². The van der Waals surface area contributed by atoms with Crippen LogP contribution in [0.5, 0.6) is 5.75 Å². The van der Waals surface area contributed by atoms with Gasteiger partial charge in [-0.2, -0.15) is 0 Å². The lowest BCUT2D eigenvalue weighted by molar-refractivity contribution is -0.131. The van der Waals surface area contributed by atoms with Crippen molar-refractivity contribution in [2.24, 2.45) is 0 Å². The molecule has 0 N–H and O–H groups in total. The molecule has 2 aromatic carbocycles. The predicted octanol–water partition coefficient (Wildman–Crippen LogP) is 4.07. The third-order valence-corrected chi connectivity index (χ3v) is 5.30. The molecule has 1 aliphatic heterocycles. The number of amides is 1. The van der Waals surface area contributed by atoms with Crippen LogP contribution in [0.3, 0.4) is 0 Å². The number of hydrogen-bond donors (Lipinski definition) is 0. The molecule has 1 unspecified atom stereocenters. The van der Waals surface area contributed by atoms with Crippen molar-refractivity contribution in [3.8, 4) is 16.9 Å². The smallest absolute Gasteiger partial charge is 0.227 e. The van der Waals surface area contributed by atoms with Gasteiger partial charge in [0.25, 0.3) is 0 Å². The fourth-order valence-corrected chi connectivity index (χ4v) is 4.03. The summed E-state index contributed by atoms with van der Waals surface area (Å²) in [5.41, 5.74) is 5.80. The van der Waals surface area contributed by atoms with Crippen LogP contribution in [0.1, 0.15) is 34.2 Å². The van der Waals surface area contributed by atoms with Gasteiger partial charge < -0.3 is 14.2 Å². The SMILES string of the molecule is COc1c(-c2c(C)noc2C)ccc2c1C(c1ccccc1)N(C)C(=O)C2. The highest BCUT2D eigenvalue weighted by atomic mass is 16.5. The normalized spacial score (nSPS) is 16.4. The number of carbonyl (C=O) groups is 1. The zero-order chi connectivity index (χ0) is 19.1. The van der Waals surface area contributed by atoms with Gasteiger partial charge in [0.05, 0.1) is 30.8 Å². The molecule has 0 radical (unpaired) electrons. The minimum absolute atomic E-state index is 0.100. The Morgan fingerprint density at radius 1 is 1.15 bits per heavy atom. The fraction of sp³-hybridized carbons (Fsp3) is 0.273. The maximum atomic E-state index is 12.6. The summed E-state index contributed by atoms with van der Waals surface area (Å²) in [6.07, 6.45) is 0.368. The minimum Gasteiger partial charge on any atom is -0.496 e. The van der Waals surface area contributed by atoms with Crippen LogP contribution in [0.4, 0.5) is 0 Å². The first-order chi connectivity index (χ1) is 13.0. The van der Waals surface area contributed by atoms with Crippen molar-refractivity contribution in [2.75, 3.05) is 14.2 Å². The van der Waals surface area contributed by atoms with Crippen LogP contribution in [-0.2, 0) is 11.2 Å². The number of carbonyl (C=O) groups excluding carboxylic acids is 1. The average molecular weight is 362 g/mol. The van der Waals surface area contributed by atoms with Crippen molar-refractivity contribution >= 4 is 5.91 Å². The van der Waals surface area contributed by atoms with Crippen molar-refractivity contribution in [2.45, 2.75) is 26.3 Å². The van der Waals surface area contributed by atoms with E-state index in [1.54, 1.807) is 12.0 Å². The molecule has 0 aliphatic carbocycles. The van der Waals surface area contributed by atoms with E-state index in [0.717, 1.165) is 45.0 Å². The Bertz CT molecular complexity index is 988. The van der Waals surface area contributed by atoms with Gasteiger partial charge in [-0.05, 0) is 25.0 Å². The van der Waals surface area contributed by atoms with Crippen molar-refractivity contribution in [3.05, 3.63) is 70.6 Å². The maximum absolute atomic E-state index is 12.6. The Morgan fingerprint density at radius 2 is 1.89 bits per heavy atom. The second kappa shape index (κ2) is 6.58. The molecule has 0 spiro atoms. The van der Waals surface area contributed by atoms with Crippen molar-refractivity contribution in [1.82, 2.24) is 10.1 Å². The van der Waals surface area contributed by atoms with Crippen LogP contribution in [0, 0.1) is 13.8 Å². The Morgan fingerprint density at radius 3 is 2.52 bits per heavy atom. The van der Waals surface area contributed by atoms with E-state index in [9.17, 15) is 4.79 Å². The van der Waals surface area contributed by atoms with E-state index in [2.05, 4.69) is 5.16 Å². The topological polar surface area (TPSA) is 55.6 Å². The summed E-state index contributed by atoms with van der Waals surface area (Å²) in [5, 5.41) is 4.09. The van der Waals surface area contributed by atoms with Gasteiger partial charge in [0.2, 0.25) is 5.91 Å². The Balaban J connectivity index is 2.00. The second-order valence-corrected chi connectivity index (χ2v) is 6.91. The largest absolute Gasteiger partial charge is 0.496 e. The number of fused-ring (bicyclic) bond motifs is 1. The van der Waals surface area contributed by atoms with Gasteiger partial charge in [0, 0.05) is 18.2 Å². The molecule has 5 heteroatoms. The molecular weight excluding hydrogens is 340 g/mol. The summed E-state index contributed by atoms with van der Waals surface area (Å²) >= 11 is 0. The molecule has 1 aliphatic rings. The van der Waals surface area contributed by atoms with Gasteiger partial charge in [-0.3, -0.25) is 4.79 Å². The van der Waals surface area contributed by atoms with Crippen molar-refractivity contribution in [1.29, 1.82) is 0 Å². The Labute approximate surface area is 158 Å². The average Bonchev–Trinajstić information content (AvgIpc) is 3.01. The molecule has 4 rings (SSSR count). The third kappa shape index (κ3) is 2.70. The maximum Gasteiger partial charge on any atom is 0.227 e. The van der Waals surface area contributed by atoms with Crippen molar-refractivity contribution in [3.63, 3.8) is 0 Å². The minimum atomic E-state index is -0.196. The molecule has 27 heavy (non-hydrogen) atoms. The highest BCUT2D eigenvalue weighted by Gasteiger charge is 2.35. The summed E-state index contributed by atoms with van der Waals surface area (Å²) in [7, 11) is 3.53. The molecule has 2 heterocycles. The van der Waals surface area contributed by atoms with Gasteiger partial charge in [-0.25, -0.2) is 0 Å². The van der Waals surface area contributed by atoms with Gasteiger partial charge >= 0.3 is 0 Å². The number of aryl methyl sites for hydroxylation is 2. The number of aromatic nitrogens is 1. The van der Waals surface area contributed by atoms with Crippen LogP contribution < -0.4 is 4.74 Å². The van der Waals surface area contributed by atoms with E-state index >= 15 is 0 Å². The molecule has 0 fully saturated rings. The number of methoxy groups -OCH3 is 1. The molecule has 5 nitrogen and oxygen atoms in total. The van der Waals surface area contributed by atoms with Crippen LogP contribution in [0.25, 0.3) is 11.1 Å². The first-order valence-corrected chi connectivity index (χ1v) is 8.96. The van der Waals surface area contributed by atoms with E-state index in [1.807, 2.05) is 63.4 Å². The highest BCUT2D eigenvalue weighted by Crippen LogP contribution is 2.46. The van der Waals surface area contributed by atoms with Gasteiger partial charge in [-0.15, -0.1) is 0 Å². The first-order valence-electron chi connectivity index (χ1n) is 8.96. The molecule has 3 aromatic rings. The molecule has 1 atom stereocenters. The predicted molar refractivity (Wildman–Crippen MR) is 103 cm³/mol. The van der Waals surface area contributed by atoms with Crippen LogP contribution >= 0.6 is 0 Å². The van der Waals surface area contributed by atoms with E-state index < -0.39 is 0 Å².